The lowest BCUT2D eigenvalue weighted by Crippen LogP contribution is -2.08. The summed E-state index contributed by atoms with van der Waals surface area (Å²) in [5, 5.41) is 8.79. The Bertz CT molecular complexity index is 361. The molecule has 0 amide bonds. The first-order chi connectivity index (χ1) is 6.16. The van der Waals surface area contributed by atoms with E-state index in [1.165, 1.54) is 0 Å². The Morgan fingerprint density at radius 3 is 2.69 bits per heavy atom. The van der Waals surface area contributed by atoms with Gasteiger partial charge in [-0.25, -0.2) is 0 Å². The number of carboxylic acids is 1. The highest BCUT2D eigenvalue weighted by Crippen LogP contribution is 2.18. The second kappa shape index (κ2) is 3.77. The van der Waals surface area contributed by atoms with E-state index in [0.29, 0.717) is 11.1 Å². The highest BCUT2D eigenvalue weighted by atomic mass is 16.4. The lowest BCUT2D eigenvalue weighted by molar-refractivity contribution is -0.138. The van der Waals surface area contributed by atoms with E-state index in [9.17, 15) is 4.79 Å². The van der Waals surface area contributed by atoms with Crippen LogP contribution in [0.15, 0.2) is 24.3 Å². The van der Waals surface area contributed by atoms with Crippen LogP contribution in [-0.2, 0) is 4.79 Å². The molecule has 1 rings (SSSR count). The minimum atomic E-state index is -0.859. The number of hydrogen-bond donors (Lipinski definition) is 1. The van der Waals surface area contributed by atoms with Gasteiger partial charge >= 0.3 is 5.97 Å². The van der Waals surface area contributed by atoms with Crippen LogP contribution in [0, 0.1) is 12.3 Å². The lowest BCUT2D eigenvalue weighted by Gasteiger charge is -2.08. The number of rotatable bonds is 2. The maximum atomic E-state index is 10.7. The molecule has 0 unspecified atom stereocenters. The minimum Gasteiger partial charge on any atom is -0.481 e. The van der Waals surface area contributed by atoms with Crippen LogP contribution >= 0.6 is 0 Å². The van der Waals surface area contributed by atoms with Gasteiger partial charge in [-0.05, 0) is 18.6 Å². The average Bonchev–Trinajstić information content (AvgIpc) is 2.16. The van der Waals surface area contributed by atoms with Crippen molar-refractivity contribution in [3.8, 4) is 12.3 Å². The molecule has 0 heterocycles. The van der Waals surface area contributed by atoms with Crippen molar-refractivity contribution in [3.05, 3.63) is 35.4 Å². The fourth-order valence-electron chi connectivity index (χ4n) is 1.14. The number of aliphatic carboxylic acids is 1. The van der Waals surface area contributed by atoms with Crippen LogP contribution in [0.5, 0.6) is 0 Å². The summed E-state index contributed by atoms with van der Waals surface area (Å²) in [7, 11) is 0. The topological polar surface area (TPSA) is 37.3 Å². The smallest absolute Gasteiger partial charge is 0.310 e. The van der Waals surface area contributed by atoms with E-state index in [1.54, 1.807) is 31.2 Å². The Morgan fingerprint density at radius 2 is 2.15 bits per heavy atom. The van der Waals surface area contributed by atoms with Crippen molar-refractivity contribution >= 4 is 5.97 Å². The summed E-state index contributed by atoms with van der Waals surface area (Å²) in [6.45, 7) is 1.62. The highest BCUT2D eigenvalue weighted by molar-refractivity contribution is 5.76. The van der Waals surface area contributed by atoms with Gasteiger partial charge in [0.25, 0.3) is 0 Å². The number of carbonyl (C=O) groups is 1. The van der Waals surface area contributed by atoms with Crippen molar-refractivity contribution in [1.82, 2.24) is 0 Å². The van der Waals surface area contributed by atoms with E-state index < -0.39 is 11.9 Å². The Hall–Kier alpha value is -1.75. The standard InChI is InChI=1S/C11H10O2/c1-3-9-6-4-5-7-10(9)8(2)11(12)13/h1,4-8H,2H3,(H,12,13)/t8-/m1/s1. The quantitative estimate of drug-likeness (QED) is 0.695. The molecule has 2 heteroatoms. The van der Waals surface area contributed by atoms with E-state index >= 15 is 0 Å². The highest BCUT2D eigenvalue weighted by Gasteiger charge is 2.15. The van der Waals surface area contributed by atoms with E-state index in [1.807, 2.05) is 0 Å². The number of terminal acetylenes is 1. The fraction of sp³-hybridized carbons (Fsp3) is 0.182. The van der Waals surface area contributed by atoms with Crippen molar-refractivity contribution in [2.24, 2.45) is 0 Å². The molecule has 0 bridgehead atoms. The molecule has 1 atom stereocenters. The maximum Gasteiger partial charge on any atom is 0.310 e. The lowest BCUT2D eigenvalue weighted by atomic mass is 9.96. The molecule has 0 fully saturated rings. The first-order valence-electron chi connectivity index (χ1n) is 3.95. The van der Waals surface area contributed by atoms with Crippen LogP contribution in [-0.4, -0.2) is 11.1 Å². The third-order valence-electron chi connectivity index (χ3n) is 1.95. The van der Waals surface area contributed by atoms with Crippen molar-refractivity contribution in [2.45, 2.75) is 12.8 Å². The van der Waals surface area contributed by atoms with Gasteiger partial charge in [0.15, 0.2) is 0 Å². The molecule has 0 spiro atoms. The number of benzene rings is 1. The first-order valence-corrected chi connectivity index (χ1v) is 3.95. The van der Waals surface area contributed by atoms with E-state index in [-0.39, 0.29) is 0 Å². The summed E-state index contributed by atoms with van der Waals surface area (Å²) in [5.74, 6) is 1.06. The molecule has 0 radical (unpaired) electrons. The number of carboxylic acid groups (broad SMARTS) is 1. The van der Waals surface area contributed by atoms with Crippen LogP contribution in [0.1, 0.15) is 24.0 Å². The molecule has 0 aliphatic carbocycles. The van der Waals surface area contributed by atoms with Gasteiger partial charge < -0.3 is 5.11 Å². The molecule has 2 nitrogen and oxygen atoms in total. The van der Waals surface area contributed by atoms with Gasteiger partial charge in [0, 0.05) is 5.56 Å². The zero-order valence-electron chi connectivity index (χ0n) is 7.32. The van der Waals surface area contributed by atoms with Gasteiger partial charge in [-0.3, -0.25) is 4.79 Å². The first kappa shape index (κ1) is 9.34. The second-order valence-corrected chi connectivity index (χ2v) is 2.79. The molecule has 0 saturated heterocycles. The van der Waals surface area contributed by atoms with Crippen molar-refractivity contribution in [2.75, 3.05) is 0 Å². The van der Waals surface area contributed by atoms with Gasteiger partial charge in [-0.15, -0.1) is 6.42 Å². The van der Waals surface area contributed by atoms with Gasteiger partial charge in [0.2, 0.25) is 0 Å². The second-order valence-electron chi connectivity index (χ2n) is 2.79. The van der Waals surface area contributed by atoms with Crippen LogP contribution in [0.25, 0.3) is 0 Å². The molecule has 1 aromatic rings. The summed E-state index contributed by atoms with van der Waals surface area (Å²) in [4.78, 5) is 10.7. The van der Waals surface area contributed by atoms with Gasteiger partial charge in [0.05, 0.1) is 5.92 Å². The Labute approximate surface area is 77.2 Å². The predicted octanol–water partition coefficient (Wildman–Crippen LogP) is 1.86. The Kier molecular flexibility index (Phi) is 2.71. The van der Waals surface area contributed by atoms with Crippen molar-refractivity contribution < 1.29 is 9.90 Å². The molecule has 0 aliphatic rings. The van der Waals surface area contributed by atoms with Crippen LogP contribution in [0.2, 0.25) is 0 Å². The Balaban J connectivity index is 3.15. The average molecular weight is 174 g/mol. The largest absolute Gasteiger partial charge is 0.481 e. The molecule has 1 N–H and O–H groups in total. The zero-order chi connectivity index (χ0) is 9.84. The molecule has 66 valence electrons. The van der Waals surface area contributed by atoms with Crippen molar-refractivity contribution in [1.29, 1.82) is 0 Å². The van der Waals surface area contributed by atoms with E-state index in [4.69, 9.17) is 11.5 Å². The molecular formula is C11H10O2. The summed E-state index contributed by atoms with van der Waals surface area (Å²) in [5.41, 5.74) is 1.34. The van der Waals surface area contributed by atoms with Crippen LogP contribution < -0.4 is 0 Å². The van der Waals surface area contributed by atoms with Crippen molar-refractivity contribution in [3.63, 3.8) is 0 Å². The van der Waals surface area contributed by atoms with Crippen LogP contribution in [0.4, 0.5) is 0 Å². The molecule has 0 saturated carbocycles. The SMILES string of the molecule is C#Cc1ccccc1[C@@H](C)C(=O)O. The summed E-state index contributed by atoms with van der Waals surface area (Å²) in [6, 6.07) is 7.08. The minimum absolute atomic E-state index is 0.549. The predicted molar refractivity (Wildman–Crippen MR) is 50.4 cm³/mol. The molecular weight excluding hydrogens is 164 g/mol. The summed E-state index contributed by atoms with van der Waals surface area (Å²) < 4.78 is 0. The van der Waals surface area contributed by atoms with Gasteiger partial charge in [-0.2, -0.15) is 0 Å². The monoisotopic (exact) mass is 174 g/mol. The molecule has 0 aliphatic heterocycles. The van der Waals surface area contributed by atoms with E-state index in [0.717, 1.165) is 0 Å². The van der Waals surface area contributed by atoms with Crippen LogP contribution in [0.3, 0.4) is 0 Å². The van der Waals surface area contributed by atoms with Gasteiger partial charge in [-0.1, -0.05) is 24.1 Å². The third kappa shape index (κ3) is 1.88. The summed E-state index contributed by atoms with van der Waals surface area (Å²) in [6.07, 6.45) is 5.25. The normalized spacial score (nSPS) is 11.7. The Morgan fingerprint density at radius 1 is 1.54 bits per heavy atom. The third-order valence-corrected chi connectivity index (χ3v) is 1.95. The molecule has 0 aromatic heterocycles. The fourth-order valence-corrected chi connectivity index (χ4v) is 1.14. The van der Waals surface area contributed by atoms with Gasteiger partial charge in [0.1, 0.15) is 0 Å². The summed E-state index contributed by atoms with van der Waals surface area (Å²) >= 11 is 0. The molecule has 1 aromatic carbocycles. The zero-order valence-corrected chi connectivity index (χ0v) is 7.32. The van der Waals surface area contributed by atoms with E-state index in [2.05, 4.69) is 5.92 Å². The maximum absolute atomic E-state index is 10.7. The number of hydrogen-bond acceptors (Lipinski definition) is 1. The molecule has 13 heavy (non-hydrogen) atoms.